The zero-order chi connectivity index (χ0) is 26.4. The molecule has 35 heavy (non-hydrogen) atoms. The molecule has 0 aromatic carbocycles. The number of ether oxygens (including phenoxy) is 1. The lowest BCUT2D eigenvalue weighted by Gasteiger charge is -2.35. The van der Waals surface area contributed by atoms with E-state index in [1.165, 1.54) is 28.5 Å². The molecule has 1 unspecified atom stereocenters. The number of alkyl carbamates (subject to hydrolysis) is 1. The lowest BCUT2D eigenvalue weighted by atomic mass is 9.76. The Kier molecular flexibility index (Phi) is 15.1. The molecule has 4 atom stereocenters. The van der Waals surface area contributed by atoms with Crippen LogP contribution in [0.3, 0.4) is 0 Å². The standard InChI is InChI=1S/C29H49NO4S/c1-20(2)10-8-11-22(5)12-9-13-23(6)16-17-35-19-26(28(31)32)30-29(33)34-27-18-25(21(3)4)15-14-24(27)7/h10,12,16,21,24-27H,8-9,11,13-15,17-19H2,1-7H3,(H,30,33)(H,31,32)/t24-,25-,26-,27?/m0/s1. The van der Waals surface area contributed by atoms with E-state index in [-0.39, 0.29) is 6.10 Å². The average molecular weight is 508 g/mol. The maximum Gasteiger partial charge on any atom is 0.408 e. The molecule has 5 nitrogen and oxygen atoms in total. The predicted octanol–water partition coefficient (Wildman–Crippen LogP) is 7.78. The number of aliphatic carboxylic acids is 1. The van der Waals surface area contributed by atoms with Crippen molar-refractivity contribution in [1.29, 1.82) is 0 Å². The second kappa shape index (κ2) is 16.9. The topological polar surface area (TPSA) is 75.6 Å². The van der Waals surface area contributed by atoms with Crippen LogP contribution in [0.15, 0.2) is 34.9 Å². The Balaban J connectivity index is 2.39. The van der Waals surface area contributed by atoms with Crippen LogP contribution in [0, 0.1) is 17.8 Å². The molecule has 1 fully saturated rings. The summed E-state index contributed by atoms with van der Waals surface area (Å²) in [5, 5.41) is 12.1. The molecule has 1 rings (SSSR count). The van der Waals surface area contributed by atoms with Crippen molar-refractivity contribution in [3.8, 4) is 0 Å². The van der Waals surface area contributed by atoms with Crippen molar-refractivity contribution in [2.45, 2.75) is 106 Å². The summed E-state index contributed by atoms with van der Waals surface area (Å²) in [4.78, 5) is 24.1. The molecule has 0 aliphatic heterocycles. The van der Waals surface area contributed by atoms with E-state index in [1.807, 2.05) is 0 Å². The summed E-state index contributed by atoms with van der Waals surface area (Å²) >= 11 is 1.52. The molecular weight excluding hydrogens is 458 g/mol. The fourth-order valence-electron chi connectivity index (χ4n) is 4.30. The number of rotatable bonds is 14. The van der Waals surface area contributed by atoms with Gasteiger partial charge in [-0.2, -0.15) is 11.8 Å². The first-order valence-electron chi connectivity index (χ1n) is 13.2. The Labute approximate surface area is 218 Å². The number of hydrogen-bond donors (Lipinski definition) is 2. The molecule has 0 saturated heterocycles. The smallest absolute Gasteiger partial charge is 0.408 e. The van der Waals surface area contributed by atoms with Gasteiger partial charge in [0.1, 0.15) is 12.1 Å². The molecule has 0 aromatic heterocycles. The normalized spacial score (nSPS) is 22.0. The molecule has 0 heterocycles. The average Bonchev–Trinajstić information content (AvgIpc) is 2.76. The first-order chi connectivity index (χ1) is 16.5. The van der Waals surface area contributed by atoms with Crippen LogP contribution in [0.4, 0.5) is 4.79 Å². The van der Waals surface area contributed by atoms with E-state index < -0.39 is 18.1 Å². The van der Waals surface area contributed by atoms with Crippen molar-refractivity contribution in [2.75, 3.05) is 11.5 Å². The van der Waals surface area contributed by atoms with E-state index in [0.29, 0.717) is 23.5 Å². The van der Waals surface area contributed by atoms with Gasteiger partial charge in [0, 0.05) is 11.5 Å². The van der Waals surface area contributed by atoms with Crippen LogP contribution in [-0.4, -0.2) is 40.8 Å². The van der Waals surface area contributed by atoms with Gasteiger partial charge in [-0.05, 0) is 90.4 Å². The minimum atomic E-state index is -1.03. The molecule has 1 amide bonds. The Hall–Kier alpha value is -1.69. The van der Waals surface area contributed by atoms with Crippen LogP contribution in [0.25, 0.3) is 0 Å². The van der Waals surface area contributed by atoms with Gasteiger partial charge in [-0.15, -0.1) is 0 Å². The molecule has 1 aliphatic carbocycles. The Bertz CT molecular complexity index is 752. The number of thioether (sulfide) groups is 1. The number of carbonyl (C=O) groups is 2. The second-order valence-corrected chi connectivity index (χ2v) is 11.8. The van der Waals surface area contributed by atoms with Crippen LogP contribution in [0.1, 0.15) is 93.4 Å². The Morgan fingerprint density at radius 1 is 1.03 bits per heavy atom. The van der Waals surface area contributed by atoms with E-state index in [1.54, 1.807) is 0 Å². The summed E-state index contributed by atoms with van der Waals surface area (Å²) in [6.45, 7) is 15.1. The van der Waals surface area contributed by atoms with Crippen molar-refractivity contribution in [2.24, 2.45) is 17.8 Å². The second-order valence-electron chi connectivity index (χ2n) is 10.8. The fraction of sp³-hybridized carbons (Fsp3) is 0.724. The van der Waals surface area contributed by atoms with Crippen molar-refractivity contribution in [1.82, 2.24) is 5.32 Å². The van der Waals surface area contributed by atoms with Crippen molar-refractivity contribution in [3.05, 3.63) is 34.9 Å². The third-order valence-corrected chi connectivity index (χ3v) is 7.88. The number of amides is 1. The van der Waals surface area contributed by atoms with Crippen LogP contribution >= 0.6 is 11.8 Å². The molecule has 0 spiro atoms. The summed E-state index contributed by atoms with van der Waals surface area (Å²) in [5.74, 6) is 1.42. The summed E-state index contributed by atoms with van der Waals surface area (Å²) in [5.41, 5.74) is 4.09. The number of carboxylic acid groups (broad SMARTS) is 1. The predicted molar refractivity (Wildman–Crippen MR) is 149 cm³/mol. The monoisotopic (exact) mass is 507 g/mol. The lowest BCUT2D eigenvalue weighted by Crippen LogP contribution is -2.45. The first kappa shape index (κ1) is 31.3. The summed E-state index contributed by atoms with van der Waals surface area (Å²) < 4.78 is 5.67. The maximum absolute atomic E-state index is 12.4. The van der Waals surface area contributed by atoms with Crippen molar-refractivity contribution < 1.29 is 19.4 Å². The first-order valence-corrected chi connectivity index (χ1v) is 14.4. The molecule has 2 N–H and O–H groups in total. The highest BCUT2D eigenvalue weighted by molar-refractivity contribution is 7.99. The van der Waals surface area contributed by atoms with Crippen LogP contribution in [0.2, 0.25) is 0 Å². The van der Waals surface area contributed by atoms with Crippen LogP contribution in [0.5, 0.6) is 0 Å². The number of carbonyl (C=O) groups excluding carboxylic acids is 1. The summed E-state index contributed by atoms with van der Waals surface area (Å²) in [6.07, 6.45) is 13.3. The van der Waals surface area contributed by atoms with Gasteiger partial charge in [0.2, 0.25) is 0 Å². The number of hydrogen-bond acceptors (Lipinski definition) is 4. The van der Waals surface area contributed by atoms with Gasteiger partial charge in [-0.3, -0.25) is 0 Å². The molecular formula is C29H49NO4S. The van der Waals surface area contributed by atoms with Gasteiger partial charge in [0.25, 0.3) is 0 Å². The Morgan fingerprint density at radius 2 is 1.66 bits per heavy atom. The van der Waals surface area contributed by atoms with Crippen molar-refractivity contribution in [3.63, 3.8) is 0 Å². The van der Waals surface area contributed by atoms with Gasteiger partial charge >= 0.3 is 12.1 Å². The highest BCUT2D eigenvalue weighted by Gasteiger charge is 2.32. The third-order valence-electron chi connectivity index (χ3n) is 6.91. The highest BCUT2D eigenvalue weighted by atomic mass is 32.2. The fourth-order valence-corrected chi connectivity index (χ4v) is 5.30. The van der Waals surface area contributed by atoms with Crippen molar-refractivity contribution >= 4 is 23.8 Å². The maximum atomic E-state index is 12.4. The lowest BCUT2D eigenvalue weighted by molar-refractivity contribution is -0.138. The summed E-state index contributed by atoms with van der Waals surface area (Å²) in [6, 6.07) is -0.951. The third kappa shape index (κ3) is 13.8. The van der Waals surface area contributed by atoms with E-state index in [2.05, 4.69) is 72.0 Å². The minimum Gasteiger partial charge on any atom is -0.480 e. The molecule has 1 aliphatic rings. The molecule has 0 aromatic rings. The van der Waals surface area contributed by atoms with E-state index in [0.717, 1.165) is 50.7 Å². The number of nitrogens with one attached hydrogen (secondary N) is 1. The molecule has 0 bridgehead atoms. The quantitative estimate of drug-likeness (QED) is 0.185. The zero-order valence-electron chi connectivity index (χ0n) is 23.1. The van der Waals surface area contributed by atoms with Crippen LogP contribution in [-0.2, 0) is 9.53 Å². The van der Waals surface area contributed by atoms with Crippen LogP contribution < -0.4 is 5.32 Å². The SMILES string of the molecule is CC(C)=CCCC(C)=CCCC(C)=CCSC[C@H](NC(=O)OC1C[C@@H](C(C)C)CC[C@@H]1C)C(=O)O. The largest absolute Gasteiger partial charge is 0.480 e. The van der Waals surface area contributed by atoms with Gasteiger partial charge in [-0.1, -0.05) is 55.7 Å². The molecule has 200 valence electrons. The van der Waals surface area contributed by atoms with Gasteiger partial charge in [0.15, 0.2) is 0 Å². The number of carboxylic acids is 1. The van der Waals surface area contributed by atoms with Gasteiger partial charge < -0.3 is 15.2 Å². The zero-order valence-corrected chi connectivity index (χ0v) is 23.9. The van der Waals surface area contributed by atoms with Gasteiger partial charge in [0.05, 0.1) is 0 Å². The highest BCUT2D eigenvalue weighted by Crippen LogP contribution is 2.35. The summed E-state index contributed by atoms with van der Waals surface area (Å²) in [7, 11) is 0. The minimum absolute atomic E-state index is 0.145. The molecule has 1 saturated carbocycles. The van der Waals surface area contributed by atoms with E-state index in [9.17, 15) is 14.7 Å². The molecule has 0 radical (unpaired) electrons. The number of allylic oxidation sites excluding steroid dienone is 5. The molecule has 6 heteroatoms. The van der Waals surface area contributed by atoms with E-state index >= 15 is 0 Å². The Morgan fingerprint density at radius 3 is 2.26 bits per heavy atom. The van der Waals surface area contributed by atoms with Gasteiger partial charge in [-0.25, -0.2) is 9.59 Å². The van der Waals surface area contributed by atoms with E-state index in [4.69, 9.17) is 4.74 Å².